The van der Waals surface area contributed by atoms with Gasteiger partial charge in [0.1, 0.15) is 0 Å². The van der Waals surface area contributed by atoms with E-state index in [1.165, 1.54) is 0 Å². The van der Waals surface area contributed by atoms with Crippen LogP contribution in [0.4, 0.5) is 0 Å². The number of halogens is 2. The maximum Gasteiger partial charge on any atom is 0.0874 e. The third-order valence-corrected chi connectivity index (χ3v) is 4.31. The van der Waals surface area contributed by atoms with Crippen molar-refractivity contribution < 1.29 is 9.84 Å². The van der Waals surface area contributed by atoms with Crippen molar-refractivity contribution in [3.05, 3.63) is 33.8 Å². The van der Waals surface area contributed by atoms with E-state index in [0.717, 1.165) is 12.8 Å². The highest BCUT2D eigenvalue weighted by Gasteiger charge is 2.40. The first-order valence-corrected chi connectivity index (χ1v) is 6.75. The van der Waals surface area contributed by atoms with Gasteiger partial charge >= 0.3 is 0 Å². The fourth-order valence-electron chi connectivity index (χ4n) is 2.42. The van der Waals surface area contributed by atoms with Crippen molar-refractivity contribution in [3.63, 3.8) is 0 Å². The first kappa shape index (κ1) is 14.1. The van der Waals surface area contributed by atoms with Crippen molar-refractivity contribution in [2.45, 2.75) is 18.9 Å². The first-order valence-electron chi connectivity index (χ1n) is 6.00. The van der Waals surface area contributed by atoms with Gasteiger partial charge in [-0.05, 0) is 31.0 Å². The SMILES string of the molecule is NCC1(C(O)c2cc(Cl)ccc2Cl)CCOCC1. The van der Waals surface area contributed by atoms with Crippen molar-refractivity contribution in [2.24, 2.45) is 11.1 Å². The molecule has 1 aliphatic rings. The van der Waals surface area contributed by atoms with E-state index in [1.54, 1.807) is 18.2 Å². The summed E-state index contributed by atoms with van der Waals surface area (Å²) in [6.07, 6.45) is 0.749. The number of benzene rings is 1. The summed E-state index contributed by atoms with van der Waals surface area (Å²) in [6, 6.07) is 5.12. The Bertz CT molecular complexity index is 419. The Kier molecular flexibility index (Phi) is 4.51. The summed E-state index contributed by atoms with van der Waals surface area (Å²) in [7, 11) is 0. The summed E-state index contributed by atoms with van der Waals surface area (Å²) in [5.74, 6) is 0. The molecular formula is C13H17Cl2NO2. The minimum Gasteiger partial charge on any atom is -0.388 e. The van der Waals surface area contributed by atoms with Crippen molar-refractivity contribution in [3.8, 4) is 0 Å². The predicted octanol–water partition coefficient (Wildman–Crippen LogP) is 2.78. The van der Waals surface area contributed by atoms with E-state index < -0.39 is 6.10 Å². The Labute approximate surface area is 117 Å². The third-order valence-electron chi connectivity index (χ3n) is 3.73. The highest BCUT2D eigenvalue weighted by atomic mass is 35.5. The van der Waals surface area contributed by atoms with Crippen molar-refractivity contribution in [1.82, 2.24) is 0 Å². The molecule has 3 N–H and O–H groups in total. The molecular weight excluding hydrogens is 273 g/mol. The molecule has 1 fully saturated rings. The van der Waals surface area contributed by atoms with E-state index in [2.05, 4.69) is 0 Å². The third kappa shape index (κ3) is 2.65. The molecule has 1 unspecified atom stereocenters. The maximum absolute atomic E-state index is 10.6. The van der Waals surface area contributed by atoms with Crippen LogP contribution in [-0.2, 0) is 4.74 Å². The fourth-order valence-corrected chi connectivity index (χ4v) is 2.82. The van der Waals surface area contributed by atoms with Crippen LogP contribution in [0.15, 0.2) is 18.2 Å². The van der Waals surface area contributed by atoms with E-state index in [4.69, 9.17) is 33.7 Å². The largest absolute Gasteiger partial charge is 0.388 e. The lowest BCUT2D eigenvalue weighted by Gasteiger charge is -2.40. The number of rotatable bonds is 3. The fraction of sp³-hybridized carbons (Fsp3) is 0.538. The Hall–Kier alpha value is -0.320. The summed E-state index contributed by atoms with van der Waals surface area (Å²) in [4.78, 5) is 0. The maximum atomic E-state index is 10.6. The van der Waals surface area contributed by atoms with E-state index in [0.29, 0.717) is 35.4 Å². The molecule has 0 bridgehead atoms. The lowest BCUT2D eigenvalue weighted by Crippen LogP contribution is -2.41. The molecule has 0 saturated carbocycles. The lowest BCUT2D eigenvalue weighted by atomic mass is 9.73. The van der Waals surface area contributed by atoms with Crippen molar-refractivity contribution in [2.75, 3.05) is 19.8 Å². The predicted molar refractivity (Wildman–Crippen MR) is 73.0 cm³/mol. The number of aliphatic hydroxyl groups excluding tert-OH is 1. The van der Waals surface area contributed by atoms with Crippen LogP contribution in [0.25, 0.3) is 0 Å². The van der Waals surface area contributed by atoms with E-state index in [9.17, 15) is 5.11 Å². The molecule has 0 aliphatic carbocycles. The van der Waals surface area contributed by atoms with Gasteiger partial charge in [0.25, 0.3) is 0 Å². The smallest absolute Gasteiger partial charge is 0.0874 e. The van der Waals surface area contributed by atoms with E-state index >= 15 is 0 Å². The Morgan fingerprint density at radius 1 is 1.33 bits per heavy atom. The lowest BCUT2D eigenvalue weighted by molar-refractivity contribution is -0.0581. The van der Waals surface area contributed by atoms with Gasteiger partial charge in [-0.2, -0.15) is 0 Å². The van der Waals surface area contributed by atoms with E-state index in [-0.39, 0.29) is 5.41 Å². The van der Waals surface area contributed by atoms with Crippen LogP contribution in [0.5, 0.6) is 0 Å². The minimum atomic E-state index is -0.711. The molecule has 1 aromatic rings. The quantitative estimate of drug-likeness (QED) is 0.900. The molecule has 0 aromatic heterocycles. The molecule has 0 spiro atoms. The molecule has 1 aliphatic heterocycles. The van der Waals surface area contributed by atoms with Crippen molar-refractivity contribution >= 4 is 23.2 Å². The molecule has 3 nitrogen and oxygen atoms in total. The van der Waals surface area contributed by atoms with Gasteiger partial charge in [-0.15, -0.1) is 0 Å². The number of hydrogen-bond acceptors (Lipinski definition) is 3. The summed E-state index contributed by atoms with van der Waals surface area (Å²) < 4.78 is 5.34. The number of nitrogens with two attached hydrogens (primary N) is 1. The van der Waals surface area contributed by atoms with Crippen LogP contribution in [0.2, 0.25) is 10.0 Å². The molecule has 1 saturated heterocycles. The molecule has 2 rings (SSSR count). The summed E-state index contributed by atoms with van der Waals surface area (Å²) >= 11 is 12.1. The van der Waals surface area contributed by atoms with Gasteiger partial charge in [0.15, 0.2) is 0 Å². The van der Waals surface area contributed by atoms with Crippen LogP contribution in [0.3, 0.4) is 0 Å². The van der Waals surface area contributed by atoms with Gasteiger partial charge < -0.3 is 15.6 Å². The van der Waals surface area contributed by atoms with Gasteiger partial charge in [0, 0.05) is 40.8 Å². The summed E-state index contributed by atoms with van der Waals surface area (Å²) in [6.45, 7) is 1.64. The van der Waals surface area contributed by atoms with Gasteiger partial charge in [0.05, 0.1) is 6.10 Å². The zero-order chi connectivity index (χ0) is 13.2. The second-order valence-corrected chi connectivity index (χ2v) is 5.59. The standard InChI is InChI=1S/C13H17Cl2NO2/c14-9-1-2-11(15)10(7-9)12(17)13(8-16)3-5-18-6-4-13/h1-2,7,12,17H,3-6,8,16H2. The van der Waals surface area contributed by atoms with Gasteiger partial charge in [-0.3, -0.25) is 0 Å². The zero-order valence-electron chi connectivity index (χ0n) is 10.0. The summed E-state index contributed by atoms with van der Waals surface area (Å²) in [5.41, 5.74) is 6.15. The van der Waals surface area contributed by atoms with Crippen molar-refractivity contribution in [1.29, 1.82) is 0 Å². The Balaban J connectivity index is 2.33. The molecule has 18 heavy (non-hydrogen) atoms. The number of ether oxygens (including phenoxy) is 1. The van der Waals surface area contributed by atoms with Crippen LogP contribution in [0.1, 0.15) is 24.5 Å². The highest BCUT2D eigenvalue weighted by Crippen LogP contribution is 2.44. The average Bonchev–Trinajstić information content (AvgIpc) is 2.41. The molecule has 1 aromatic carbocycles. The van der Waals surface area contributed by atoms with Gasteiger partial charge in [0.2, 0.25) is 0 Å². The second-order valence-electron chi connectivity index (χ2n) is 4.75. The Morgan fingerprint density at radius 3 is 2.61 bits per heavy atom. The number of hydrogen-bond donors (Lipinski definition) is 2. The molecule has 1 heterocycles. The molecule has 1 atom stereocenters. The molecule has 0 amide bonds. The van der Waals surface area contributed by atoms with Crippen LogP contribution in [0, 0.1) is 5.41 Å². The highest BCUT2D eigenvalue weighted by molar-refractivity contribution is 6.33. The normalized spacial score (nSPS) is 20.7. The molecule has 5 heteroatoms. The monoisotopic (exact) mass is 289 g/mol. The van der Waals surface area contributed by atoms with Gasteiger partial charge in [-0.1, -0.05) is 23.2 Å². The summed E-state index contributed by atoms with van der Waals surface area (Å²) in [5, 5.41) is 11.7. The average molecular weight is 290 g/mol. The van der Waals surface area contributed by atoms with Crippen LogP contribution in [-0.4, -0.2) is 24.9 Å². The number of aliphatic hydroxyl groups is 1. The van der Waals surface area contributed by atoms with E-state index in [1.807, 2.05) is 0 Å². The van der Waals surface area contributed by atoms with Crippen LogP contribution < -0.4 is 5.73 Å². The first-order chi connectivity index (χ1) is 8.59. The zero-order valence-corrected chi connectivity index (χ0v) is 11.5. The Morgan fingerprint density at radius 2 is 2.00 bits per heavy atom. The second kappa shape index (κ2) is 5.76. The minimum absolute atomic E-state index is 0.368. The van der Waals surface area contributed by atoms with Crippen LogP contribution >= 0.6 is 23.2 Å². The molecule has 100 valence electrons. The topological polar surface area (TPSA) is 55.5 Å². The van der Waals surface area contributed by atoms with Gasteiger partial charge in [-0.25, -0.2) is 0 Å². The molecule has 0 radical (unpaired) electrons.